The van der Waals surface area contributed by atoms with Crippen molar-refractivity contribution in [3.63, 3.8) is 0 Å². The lowest BCUT2D eigenvalue weighted by Crippen LogP contribution is -2.52. The quantitative estimate of drug-likeness (QED) is 0.719. The molecule has 0 aromatic heterocycles. The standard InChI is InChI=1S/C11H22N2O2.ClH/c1-3-15-9-4-10(14)13-11(2)5-7-12-8-6-11;/h12H,3-9H2,1-2H3,(H,13,14);1H. The highest BCUT2D eigenvalue weighted by molar-refractivity contribution is 5.85. The fourth-order valence-electron chi connectivity index (χ4n) is 1.81. The van der Waals surface area contributed by atoms with E-state index in [9.17, 15) is 4.79 Å². The molecule has 0 spiro atoms. The van der Waals surface area contributed by atoms with Crippen molar-refractivity contribution in [3.8, 4) is 0 Å². The Bertz CT molecular complexity index is 206. The molecule has 0 saturated carbocycles. The predicted molar refractivity (Wildman–Crippen MR) is 67.0 cm³/mol. The molecule has 1 heterocycles. The first kappa shape index (κ1) is 15.7. The molecule has 0 aromatic carbocycles. The molecule has 0 unspecified atom stereocenters. The molecule has 0 radical (unpaired) electrons. The number of rotatable bonds is 5. The number of halogens is 1. The van der Waals surface area contributed by atoms with Crippen molar-refractivity contribution in [1.82, 2.24) is 10.6 Å². The van der Waals surface area contributed by atoms with Crippen LogP contribution < -0.4 is 10.6 Å². The van der Waals surface area contributed by atoms with Gasteiger partial charge in [-0.05, 0) is 39.8 Å². The Kier molecular flexibility index (Phi) is 7.72. The number of hydrogen-bond acceptors (Lipinski definition) is 3. The summed E-state index contributed by atoms with van der Waals surface area (Å²) in [4.78, 5) is 11.6. The summed E-state index contributed by atoms with van der Waals surface area (Å²) in [6.07, 6.45) is 2.48. The van der Waals surface area contributed by atoms with E-state index in [2.05, 4.69) is 17.6 Å². The van der Waals surface area contributed by atoms with Crippen molar-refractivity contribution < 1.29 is 9.53 Å². The summed E-state index contributed by atoms with van der Waals surface area (Å²) in [5, 5.41) is 6.38. The zero-order valence-electron chi connectivity index (χ0n) is 10.2. The lowest BCUT2D eigenvalue weighted by Gasteiger charge is -2.35. The smallest absolute Gasteiger partial charge is 0.222 e. The molecule has 5 heteroatoms. The number of carbonyl (C=O) groups is 1. The molecular formula is C11H23ClN2O2. The lowest BCUT2D eigenvalue weighted by atomic mass is 9.90. The summed E-state index contributed by atoms with van der Waals surface area (Å²) < 4.78 is 5.15. The molecule has 1 fully saturated rings. The Morgan fingerprint density at radius 1 is 1.44 bits per heavy atom. The minimum atomic E-state index is -0.0193. The second-order valence-corrected chi connectivity index (χ2v) is 4.31. The number of nitrogens with one attached hydrogen (secondary N) is 2. The molecule has 1 saturated heterocycles. The van der Waals surface area contributed by atoms with Crippen LogP contribution in [0.3, 0.4) is 0 Å². The topological polar surface area (TPSA) is 50.4 Å². The van der Waals surface area contributed by atoms with Crippen molar-refractivity contribution in [2.45, 2.75) is 38.6 Å². The number of carbonyl (C=O) groups excluding carboxylic acids is 1. The first-order chi connectivity index (χ1) is 7.16. The van der Waals surface area contributed by atoms with E-state index < -0.39 is 0 Å². The van der Waals surface area contributed by atoms with E-state index in [1.54, 1.807) is 0 Å². The molecular weight excluding hydrogens is 228 g/mol. The molecule has 16 heavy (non-hydrogen) atoms. The zero-order chi connectivity index (χ0) is 11.1. The van der Waals surface area contributed by atoms with Gasteiger partial charge in [-0.2, -0.15) is 0 Å². The summed E-state index contributed by atoms with van der Waals surface area (Å²) in [6.45, 7) is 7.23. The number of amides is 1. The van der Waals surface area contributed by atoms with Gasteiger partial charge in [-0.3, -0.25) is 4.79 Å². The Balaban J connectivity index is 0.00000225. The van der Waals surface area contributed by atoms with Crippen molar-refractivity contribution in [2.75, 3.05) is 26.3 Å². The van der Waals surface area contributed by atoms with E-state index in [4.69, 9.17) is 4.74 Å². The monoisotopic (exact) mass is 250 g/mol. The third-order valence-corrected chi connectivity index (χ3v) is 2.83. The highest BCUT2D eigenvalue weighted by atomic mass is 35.5. The van der Waals surface area contributed by atoms with Gasteiger partial charge in [-0.1, -0.05) is 0 Å². The number of hydrogen-bond donors (Lipinski definition) is 2. The molecule has 96 valence electrons. The molecule has 2 N–H and O–H groups in total. The first-order valence-corrected chi connectivity index (χ1v) is 5.76. The Hall–Kier alpha value is -0.320. The molecule has 1 aliphatic rings. The Morgan fingerprint density at radius 3 is 2.62 bits per heavy atom. The summed E-state index contributed by atoms with van der Waals surface area (Å²) >= 11 is 0. The fourth-order valence-corrected chi connectivity index (χ4v) is 1.81. The van der Waals surface area contributed by atoms with Crippen molar-refractivity contribution in [3.05, 3.63) is 0 Å². The van der Waals surface area contributed by atoms with Crippen LogP contribution in [0, 0.1) is 0 Å². The molecule has 0 aromatic rings. The van der Waals surface area contributed by atoms with Crippen LogP contribution in [0.15, 0.2) is 0 Å². The second kappa shape index (κ2) is 7.87. The molecule has 1 amide bonds. The lowest BCUT2D eigenvalue weighted by molar-refractivity contribution is -0.124. The molecule has 4 nitrogen and oxygen atoms in total. The second-order valence-electron chi connectivity index (χ2n) is 4.31. The van der Waals surface area contributed by atoms with Gasteiger partial charge in [0.1, 0.15) is 0 Å². The van der Waals surface area contributed by atoms with Gasteiger partial charge in [0, 0.05) is 18.6 Å². The zero-order valence-corrected chi connectivity index (χ0v) is 11.0. The van der Waals surface area contributed by atoms with Gasteiger partial charge in [0.25, 0.3) is 0 Å². The average Bonchev–Trinajstić information content (AvgIpc) is 2.18. The van der Waals surface area contributed by atoms with Crippen molar-refractivity contribution in [2.24, 2.45) is 0 Å². The highest BCUT2D eigenvalue weighted by Gasteiger charge is 2.27. The van der Waals surface area contributed by atoms with Crippen LogP contribution in [0.5, 0.6) is 0 Å². The van der Waals surface area contributed by atoms with Crippen LogP contribution >= 0.6 is 12.4 Å². The Labute approximate surface area is 104 Å². The first-order valence-electron chi connectivity index (χ1n) is 5.76. The SMILES string of the molecule is CCOCCC(=O)NC1(C)CCNCC1.Cl. The van der Waals surface area contributed by atoms with Crippen molar-refractivity contribution in [1.29, 1.82) is 0 Å². The maximum Gasteiger partial charge on any atom is 0.222 e. The maximum absolute atomic E-state index is 11.6. The van der Waals surface area contributed by atoms with E-state index in [0.717, 1.165) is 25.9 Å². The summed E-state index contributed by atoms with van der Waals surface area (Å²) in [5.74, 6) is 0.104. The summed E-state index contributed by atoms with van der Waals surface area (Å²) in [5.41, 5.74) is -0.0193. The van der Waals surface area contributed by atoms with Gasteiger partial charge < -0.3 is 15.4 Å². The van der Waals surface area contributed by atoms with Gasteiger partial charge in [0.2, 0.25) is 5.91 Å². The van der Waals surface area contributed by atoms with E-state index >= 15 is 0 Å². The number of piperidine rings is 1. The average molecular weight is 251 g/mol. The van der Waals surface area contributed by atoms with Gasteiger partial charge in [0.15, 0.2) is 0 Å². The van der Waals surface area contributed by atoms with Crippen LogP contribution in [-0.2, 0) is 9.53 Å². The van der Waals surface area contributed by atoms with Gasteiger partial charge >= 0.3 is 0 Å². The fraction of sp³-hybridized carbons (Fsp3) is 0.909. The minimum absolute atomic E-state index is 0. The molecule has 1 rings (SSSR count). The van der Waals surface area contributed by atoms with Gasteiger partial charge in [-0.25, -0.2) is 0 Å². The van der Waals surface area contributed by atoms with Gasteiger partial charge in [0.05, 0.1) is 6.61 Å². The van der Waals surface area contributed by atoms with Crippen molar-refractivity contribution >= 4 is 18.3 Å². The van der Waals surface area contributed by atoms with Crippen LogP contribution in [0.25, 0.3) is 0 Å². The van der Waals surface area contributed by atoms with E-state index in [1.165, 1.54) is 0 Å². The van der Waals surface area contributed by atoms with Crippen LogP contribution in [0.1, 0.15) is 33.1 Å². The summed E-state index contributed by atoms with van der Waals surface area (Å²) in [7, 11) is 0. The van der Waals surface area contributed by atoms with E-state index in [0.29, 0.717) is 19.6 Å². The molecule has 0 bridgehead atoms. The maximum atomic E-state index is 11.6. The third kappa shape index (κ3) is 5.68. The Morgan fingerprint density at radius 2 is 2.06 bits per heavy atom. The predicted octanol–water partition coefficient (Wildman–Crippen LogP) is 1.09. The normalized spacial score (nSPS) is 18.6. The van der Waals surface area contributed by atoms with E-state index in [1.807, 2.05) is 6.92 Å². The molecule has 0 aliphatic carbocycles. The highest BCUT2D eigenvalue weighted by Crippen LogP contribution is 2.16. The summed E-state index contributed by atoms with van der Waals surface area (Å²) in [6, 6.07) is 0. The van der Waals surface area contributed by atoms with Crippen LogP contribution in [-0.4, -0.2) is 37.7 Å². The van der Waals surface area contributed by atoms with Gasteiger partial charge in [-0.15, -0.1) is 12.4 Å². The van der Waals surface area contributed by atoms with Crippen LogP contribution in [0.4, 0.5) is 0 Å². The van der Waals surface area contributed by atoms with E-state index in [-0.39, 0.29) is 23.9 Å². The molecule has 0 atom stereocenters. The van der Waals surface area contributed by atoms with Crippen LogP contribution in [0.2, 0.25) is 0 Å². The third-order valence-electron chi connectivity index (χ3n) is 2.83. The minimum Gasteiger partial charge on any atom is -0.381 e. The largest absolute Gasteiger partial charge is 0.381 e. The molecule has 1 aliphatic heterocycles. The number of ether oxygens (including phenoxy) is 1.